The number of amides is 2. The molecule has 16 heteroatoms. The highest BCUT2D eigenvalue weighted by Crippen LogP contribution is 2.40. The molecular formula is C26H18F12N2O2. The predicted molar refractivity (Wildman–Crippen MR) is 123 cm³/mol. The molecule has 0 saturated heterocycles. The summed E-state index contributed by atoms with van der Waals surface area (Å²) in [6.07, 6.45) is -20.6. The van der Waals surface area contributed by atoms with E-state index in [2.05, 4.69) is 4.74 Å². The van der Waals surface area contributed by atoms with E-state index in [0.717, 1.165) is 0 Å². The monoisotopic (exact) mass is 618 g/mol. The minimum Gasteiger partial charge on any atom is -0.428 e. The number of ether oxygens (including phenoxy) is 1. The minimum atomic E-state index is -5.34. The van der Waals surface area contributed by atoms with E-state index in [1.54, 1.807) is 0 Å². The van der Waals surface area contributed by atoms with E-state index in [-0.39, 0.29) is 17.7 Å². The van der Waals surface area contributed by atoms with Crippen LogP contribution in [0.5, 0.6) is 5.75 Å². The fourth-order valence-corrected chi connectivity index (χ4v) is 3.96. The first-order valence-electron chi connectivity index (χ1n) is 11.5. The fraction of sp³-hybridized carbons (Fsp3) is 0.269. The average molecular weight is 618 g/mol. The summed E-state index contributed by atoms with van der Waals surface area (Å²) in [5, 5.41) is 3.45. The molecule has 42 heavy (non-hydrogen) atoms. The van der Waals surface area contributed by atoms with Crippen LogP contribution in [0.1, 0.15) is 22.3 Å². The summed E-state index contributed by atoms with van der Waals surface area (Å²) >= 11 is 0. The summed E-state index contributed by atoms with van der Waals surface area (Å²) in [5.74, 6) is -4.54. The van der Waals surface area contributed by atoms with E-state index in [0.29, 0.717) is 24.3 Å². The summed E-state index contributed by atoms with van der Waals surface area (Å²) in [4.78, 5) is 12.7. The highest BCUT2D eigenvalue weighted by molar-refractivity contribution is 5.76. The van der Waals surface area contributed by atoms with E-state index in [1.807, 2.05) is 5.32 Å². The highest BCUT2D eigenvalue weighted by atomic mass is 19.4. The smallest absolute Gasteiger partial charge is 0.428 e. The average Bonchev–Trinajstić information content (AvgIpc) is 2.86. The Labute approximate surface area is 229 Å². The van der Waals surface area contributed by atoms with Gasteiger partial charge in [-0.1, -0.05) is 36.4 Å². The third-order valence-corrected chi connectivity index (χ3v) is 5.73. The van der Waals surface area contributed by atoms with E-state index in [1.165, 1.54) is 35.6 Å². The van der Waals surface area contributed by atoms with Gasteiger partial charge in [-0.15, -0.1) is 0 Å². The number of urea groups is 1. The lowest BCUT2D eigenvalue weighted by molar-refractivity contribution is -0.253. The molecule has 0 aromatic heterocycles. The molecule has 2 amide bonds. The number of halogens is 12. The Balaban J connectivity index is 2.34. The minimum absolute atomic E-state index is 0.149. The summed E-state index contributed by atoms with van der Waals surface area (Å²) in [6.45, 7) is -1.93. The molecule has 0 spiro atoms. The maximum absolute atomic E-state index is 14.7. The van der Waals surface area contributed by atoms with Crippen molar-refractivity contribution in [2.45, 2.75) is 36.8 Å². The molecule has 228 valence electrons. The number of nitrogens with one attached hydrogen (secondary N) is 2. The van der Waals surface area contributed by atoms with E-state index in [9.17, 15) is 57.5 Å². The lowest BCUT2D eigenvalue weighted by Crippen LogP contribution is -2.53. The van der Waals surface area contributed by atoms with Crippen LogP contribution in [0.2, 0.25) is 0 Å². The molecule has 0 aliphatic heterocycles. The van der Waals surface area contributed by atoms with E-state index < -0.39 is 83.5 Å². The SMILES string of the molecule is O=C(NCC(F)(F)F)N[C@@](Cc1ccccc1)(c1cc(F)cc(OC(F)(F)C(F)F)c1)c1ccc(F)c(C(F)(F)F)c1. The quantitative estimate of drug-likeness (QED) is 0.243. The van der Waals surface area contributed by atoms with Crippen molar-refractivity contribution < 1.29 is 62.2 Å². The molecule has 0 bridgehead atoms. The molecule has 0 heterocycles. The normalized spacial score (nSPS) is 13.9. The first-order valence-corrected chi connectivity index (χ1v) is 11.5. The van der Waals surface area contributed by atoms with Gasteiger partial charge in [0.2, 0.25) is 0 Å². The van der Waals surface area contributed by atoms with E-state index in [4.69, 9.17) is 0 Å². The number of alkyl halides is 10. The standard InChI is InChI=1S/C26H18F12N2O2/c27-17-8-16(9-18(11-17)42-26(37,38)21(29)30)23(12-14-4-2-1-3-5-14,40-22(41)39-13-24(31,32)33)15-6-7-20(28)19(10-15)25(34,35)36/h1-11,21H,12-13H2,(H2,39,40,41)/t23-/m1/s1. The van der Waals surface area contributed by atoms with Gasteiger partial charge in [-0.3, -0.25) is 0 Å². The number of carbonyl (C=O) groups is 1. The molecule has 0 unspecified atom stereocenters. The lowest BCUT2D eigenvalue weighted by Gasteiger charge is -2.37. The van der Waals surface area contributed by atoms with Crippen molar-refractivity contribution >= 4 is 6.03 Å². The van der Waals surface area contributed by atoms with Crippen molar-refractivity contribution in [3.63, 3.8) is 0 Å². The van der Waals surface area contributed by atoms with Crippen LogP contribution >= 0.6 is 0 Å². The Morgan fingerprint density at radius 1 is 0.810 bits per heavy atom. The first-order chi connectivity index (χ1) is 19.3. The summed E-state index contributed by atoms with van der Waals surface area (Å²) in [6, 6.07) is 7.73. The largest absolute Gasteiger partial charge is 0.461 e. The van der Waals surface area contributed by atoms with Gasteiger partial charge < -0.3 is 15.4 Å². The van der Waals surface area contributed by atoms with Crippen molar-refractivity contribution in [2.75, 3.05) is 6.54 Å². The number of hydrogen-bond donors (Lipinski definition) is 2. The molecular weight excluding hydrogens is 600 g/mol. The predicted octanol–water partition coefficient (Wildman–Crippen LogP) is 7.57. The molecule has 1 atom stereocenters. The zero-order chi connectivity index (χ0) is 31.5. The Morgan fingerprint density at radius 2 is 1.45 bits per heavy atom. The highest BCUT2D eigenvalue weighted by Gasteiger charge is 2.45. The maximum Gasteiger partial charge on any atom is 0.461 e. The zero-order valence-corrected chi connectivity index (χ0v) is 20.7. The van der Waals surface area contributed by atoms with Crippen molar-refractivity contribution in [3.8, 4) is 5.75 Å². The second kappa shape index (κ2) is 12.0. The molecule has 0 aliphatic carbocycles. The van der Waals surface area contributed by atoms with Gasteiger partial charge >= 0.3 is 30.9 Å². The van der Waals surface area contributed by atoms with Crippen LogP contribution in [0.15, 0.2) is 66.7 Å². The van der Waals surface area contributed by atoms with Crippen LogP contribution in [0.3, 0.4) is 0 Å². The van der Waals surface area contributed by atoms with Gasteiger partial charge in [-0.25, -0.2) is 13.6 Å². The van der Waals surface area contributed by atoms with Crippen LogP contribution < -0.4 is 15.4 Å². The zero-order valence-electron chi connectivity index (χ0n) is 20.7. The molecule has 3 aromatic carbocycles. The van der Waals surface area contributed by atoms with Crippen molar-refractivity contribution in [2.24, 2.45) is 0 Å². The number of carbonyl (C=O) groups excluding carboxylic acids is 1. The van der Waals surface area contributed by atoms with E-state index >= 15 is 0 Å². The van der Waals surface area contributed by atoms with Gasteiger partial charge in [-0.05, 0) is 41.0 Å². The first kappa shape index (κ1) is 32.4. The van der Waals surface area contributed by atoms with Gasteiger partial charge in [0.15, 0.2) is 0 Å². The number of hydrogen-bond acceptors (Lipinski definition) is 2. The fourth-order valence-electron chi connectivity index (χ4n) is 3.96. The second-order valence-electron chi connectivity index (χ2n) is 8.82. The molecule has 0 radical (unpaired) electrons. The topological polar surface area (TPSA) is 50.4 Å². The molecule has 0 aliphatic rings. The molecule has 0 fully saturated rings. The van der Waals surface area contributed by atoms with Crippen molar-refractivity contribution in [1.82, 2.24) is 10.6 Å². The van der Waals surface area contributed by atoms with Crippen LogP contribution in [0.25, 0.3) is 0 Å². The van der Waals surface area contributed by atoms with Gasteiger partial charge in [-0.2, -0.15) is 43.9 Å². The molecule has 3 rings (SSSR count). The number of rotatable bonds is 9. The summed E-state index contributed by atoms with van der Waals surface area (Å²) in [7, 11) is 0. The van der Waals surface area contributed by atoms with Gasteiger partial charge in [0.25, 0.3) is 0 Å². The Morgan fingerprint density at radius 3 is 2.02 bits per heavy atom. The third kappa shape index (κ3) is 8.00. The molecule has 4 nitrogen and oxygen atoms in total. The summed E-state index contributed by atoms with van der Waals surface area (Å²) in [5.41, 5.74) is -5.73. The maximum atomic E-state index is 14.7. The Kier molecular flexibility index (Phi) is 9.27. The number of benzene rings is 3. The summed E-state index contributed by atoms with van der Waals surface area (Å²) < 4.78 is 165. The molecule has 3 aromatic rings. The van der Waals surface area contributed by atoms with Crippen LogP contribution in [-0.4, -0.2) is 31.3 Å². The lowest BCUT2D eigenvalue weighted by atomic mass is 9.77. The second-order valence-corrected chi connectivity index (χ2v) is 8.82. The van der Waals surface area contributed by atoms with Crippen LogP contribution in [0, 0.1) is 11.6 Å². The molecule has 0 saturated carbocycles. The third-order valence-electron chi connectivity index (χ3n) is 5.73. The molecule has 2 N–H and O–H groups in total. The van der Waals surface area contributed by atoms with Crippen molar-refractivity contribution in [3.05, 3.63) is 101 Å². The van der Waals surface area contributed by atoms with Gasteiger partial charge in [0.05, 0.1) is 11.1 Å². The van der Waals surface area contributed by atoms with Gasteiger partial charge in [0, 0.05) is 12.5 Å². The Hall–Kier alpha value is -4.11. The van der Waals surface area contributed by atoms with Crippen LogP contribution in [-0.2, 0) is 18.1 Å². The Bertz CT molecular complexity index is 1390. The van der Waals surface area contributed by atoms with Gasteiger partial charge in [0.1, 0.15) is 23.9 Å². The van der Waals surface area contributed by atoms with Crippen LogP contribution in [0.4, 0.5) is 57.5 Å². The van der Waals surface area contributed by atoms with Crippen molar-refractivity contribution in [1.29, 1.82) is 0 Å².